The highest BCUT2D eigenvalue weighted by Crippen LogP contribution is 2.32. The van der Waals surface area contributed by atoms with Crippen LogP contribution in [0.3, 0.4) is 0 Å². The summed E-state index contributed by atoms with van der Waals surface area (Å²) in [5.41, 5.74) is 6.59. The summed E-state index contributed by atoms with van der Waals surface area (Å²) in [6, 6.07) is 3.92. The molecule has 2 rings (SSSR count). The van der Waals surface area contributed by atoms with E-state index in [1.807, 2.05) is 24.4 Å². The van der Waals surface area contributed by atoms with Crippen LogP contribution < -0.4 is 5.73 Å². The van der Waals surface area contributed by atoms with Gasteiger partial charge in [0.1, 0.15) is 11.5 Å². The number of furan rings is 1. The number of nitrogens with two attached hydrogens (primary N) is 1. The van der Waals surface area contributed by atoms with Crippen LogP contribution in [0.25, 0.3) is 11.5 Å². The molecule has 0 unspecified atom stereocenters. The largest absolute Gasteiger partial charge is 0.460 e. The molecule has 0 radical (unpaired) electrons. The third kappa shape index (κ3) is 2.58. The van der Waals surface area contributed by atoms with E-state index >= 15 is 0 Å². The summed E-state index contributed by atoms with van der Waals surface area (Å²) in [5, 5.41) is 3.17. The summed E-state index contributed by atoms with van der Waals surface area (Å²) in [6.45, 7) is 6.97. The molecule has 0 aliphatic carbocycles. The Labute approximate surface area is 106 Å². The highest BCUT2D eigenvalue weighted by Gasteiger charge is 2.24. The molecule has 17 heavy (non-hydrogen) atoms. The molecule has 4 heteroatoms. The second-order valence-corrected chi connectivity index (χ2v) is 5.73. The van der Waals surface area contributed by atoms with Gasteiger partial charge in [0.2, 0.25) is 0 Å². The van der Waals surface area contributed by atoms with Crippen molar-refractivity contribution < 1.29 is 4.42 Å². The lowest BCUT2D eigenvalue weighted by Crippen LogP contribution is -2.21. The standard InChI is InChI=1S/C13H18N2OS/c1-9-4-5-11(16-9)10-8-17-12(15-10)13(2,3)6-7-14/h4-5,8H,6-7,14H2,1-3H3. The zero-order chi connectivity index (χ0) is 12.5. The average molecular weight is 250 g/mol. The van der Waals surface area contributed by atoms with Gasteiger partial charge in [-0.05, 0) is 32.0 Å². The maximum absolute atomic E-state index is 5.63. The van der Waals surface area contributed by atoms with E-state index < -0.39 is 0 Å². The van der Waals surface area contributed by atoms with Gasteiger partial charge < -0.3 is 10.2 Å². The Kier molecular flexibility index (Phi) is 3.35. The first kappa shape index (κ1) is 12.3. The van der Waals surface area contributed by atoms with Crippen molar-refractivity contribution in [1.29, 1.82) is 0 Å². The fourth-order valence-corrected chi connectivity index (χ4v) is 2.70. The van der Waals surface area contributed by atoms with Crippen molar-refractivity contribution in [3.8, 4) is 11.5 Å². The second kappa shape index (κ2) is 4.63. The Bertz CT molecular complexity index is 499. The molecule has 0 aromatic carbocycles. The average Bonchev–Trinajstić information content (AvgIpc) is 2.85. The quantitative estimate of drug-likeness (QED) is 0.905. The van der Waals surface area contributed by atoms with Crippen molar-refractivity contribution in [1.82, 2.24) is 4.98 Å². The van der Waals surface area contributed by atoms with Gasteiger partial charge in [0, 0.05) is 10.8 Å². The summed E-state index contributed by atoms with van der Waals surface area (Å²) < 4.78 is 5.57. The SMILES string of the molecule is Cc1ccc(-c2csc(C(C)(C)CCN)n2)o1. The van der Waals surface area contributed by atoms with Crippen molar-refractivity contribution in [2.75, 3.05) is 6.54 Å². The van der Waals surface area contributed by atoms with Gasteiger partial charge in [0.05, 0.1) is 5.01 Å². The summed E-state index contributed by atoms with van der Waals surface area (Å²) in [7, 11) is 0. The van der Waals surface area contributed by atoms with Crippen LogP contribution in [0.4, 0.5) is 0 Å². The molecule has 2 aromatic heterocycles. The van der Waals surface area contributed by atoms with Crippen LogP contribution in [0.2, 0.25) is 0 Å². The Hall–Kier alpha value is -1.13. The van der Waals surface area contributed by atoms with Crippen LogP contribution in [-0.4, -0.2) is 11.5 Å². The lowest BCUT2D eigenvalue weighted by Gasteiger charge is -2.20. The molecule has 2 aromatic rings. The first-order valence-electron chi connectivity index (χ1n) is 5.76. The molecule has 0 fully saturated rings. The Morgan fingerprint density at radius 1 is 1.41 bits per heavy atom. The van der Waals surface area contributed by atoms with Crippen molar-refractivity contribution in [3.05, 3.63) is 28.3 Å². The third-order valence-electron chi connectivity index (χ3n) is 2.85. The molecule has 0 saturated heterocycles. The van der Waals surface area contributed by atoms with E-state index in [9.17, 15) is 0 Å². The second-order valence-electron chi connectivity index (χ2n) is 4.87. The van der Waals surface area contributed by atoms with E-state index in [1.165, 1.54) is 0 Å². The van der Waals surface area contributed by atoms with Gasteiger partial charge >= 0.3 is 0 Å². The van der Waals surface area contributed by atoms with Gasteiger partial charge in [-0.3, -0.25) is 0 Å². The van der Waals surface area contributed by atoms with Crippen LogP contribution in [0.5, 0.6) is 0 Å². The predicted molar refractivity (Wildman–Crippen MR) is 71.3 cm³/mol. The minimum atomic E-state index is 0.0410. The normalized spacial score (nSPS) is 12.0. The topological polar surface area (TPSA) is 52.0 Å². The summed E-state index contributed by atoms with van der Waals surface area (Å²) in [5.74, 6) is 1.75. The Morgan fingerprint density at radius 3 is 2.76 bits per heavy atom. The van der Waals surface area contributed by atoms with Crippen molar-refractivity contribution >= 4 is 11.3 Å². The van der Waals surface area contributed by atoms with E-state index in [2.05, 4.69) is 18.8 Å². The lowest BCUT2D eigenvalue weighted by molar-refractivity contribution is 0.484. The van der Waals surface area contributed by atoms with Crippen molar-refractivity contribution in [2.24, 2.45) is 5.73 Å². The third-order valence-corrected chi connectivity index (χ3v) is 4.05. The predicted octanol–water partition coefficient (Wildman–Crippen LogP) is 3.34. The number of aromatic nitrogens is 1. The zero-order valence-corrected chi connectivity index (χ0v) is 11.3. The maximum atomic E-state index is 5.63. The summed E-state index contributed by atoms with van der Waals surface area (Å²) >= 11 is 1.67. The fourth-order valence-electron chi connectivity index (χ4n) is 1.74. The molecule has 2 heterocycles. The monoisotopic (exact) mass is 250 g/mol. The van der Waals surface area contributed by atoms with Crippen LogP contribution in [-0.2, 0) is 5.41 Å². The van der Waals surface area contributed by atoms with Crippen molar-refractivity contribution in [2.45, 2.75) is 32.6 Å². The van der Waals surface area contributed by atoms with Crippen molar-refractivity contribution in [3.63, 3.8) is 0 Å². The number of rotatable bonds is 4. The van der Waals surface area contributed by atoms with Gasteiger partial charge in [-0.15, -0.1) is 11.3 Å². The fraction of sp³-hybridized carbons (Fsp3) is 0.462. The van der Waals surface area contributed by atoms with Crippen LogP contribution in [0.1, 0.15) is 31.0 Å². The highest BCUT2D eigenvalue weighted by molar-refractivity contribution is 7.10. The molecular weight excluding hydrogens is 232 g/mol. The van der Waals surface area contributed by atoms with E-state index in [-0.39, 0.29) is 5.41 Å². The van der Waals surface area contributed by atoms with Crippen LogP contribution in [0.15, 0.2) is 21.9 Å². The number of aryl methyl sites for hydroxylation is 1. The molecule has 0 aliphatic heterocycles. The number of hydrogen-bond donors (Lipinski definition) is 1. The molecule has 0 saturated carbocycles. The van der Waals surface area contributed by atoms with Gasteiger partial charge in [0.15, 0.2) is 5.76 Å². The molecule has 2 N–H and O–H groups in total. The molecule has 0 amide bonds. The first-order valence-corrected chi connectivity index (χ1v) is 6.64. The molecule has 0 bridgehead atoms. The summed E-state index contributed by atoms with van der Waals surface area (Å²) in [4.78, 5) is 4.65. The molecule has 0 aliphatic rings. The Balaban J connectivity index is 2.27. The van der Waals surface area contributed by atoms with Gasteiger partial charge in [-0.2, -0.15) is 0 Å². The van der Waals surface area contributed by atoms with E-state index in [0.29, 0.717) is 6.54 Å². The molecule has 3 nitrogen and oxygen atoms in total. The Morgan fingerprint density at radius 2 is 2.18 bits per heavy atom. The van der Waals surface area contributed by atoms with E-state index in [4.69, 9.17) is 10.2 Å². The smallest absolute Gasteiger partial charge is 0.153 e. The minimum absolute atomic E-state index is 0.0410. The summed E-state index contributed by atoms with van der Waals surface area (Å²) in [6.07, 6.45) is 0.942. The molecular formula is C13H18N2OS. The molecule has 0 atom stereocenters. The van der Waals surface area contributed by atoms with E-state index in [1.54, 1.807) is 11.3 Å². The van der Waals surface area contributed by atoms with Gasteiger partial charge in [0.25, 0.3) is 0 Å². The first-order chi connectivity index (χ1) is 8.03. The van der Waals surface area contributed by atoms with Crippen LogP contribution >= 0.6 is 11.3 Å². The van der Waals surface area contributed by atoms with Gasteiger partial charge in [-0.25, -0.2) is 4.98 Å². The molecule has 0 spiro atoms. The number of nitrogens with zero attached hydrogens (tertiary/aromatic N) is 1. The maximum Gasteiger partial charge on any atom is 0.153 e. The van der Waals surface area contributed by atoms with E-state index in [0.717, 1.165) is 28.6 Å². The van der Waals surface area contributed by atoms with Crippen LogP contribution in [0, 0.1) is 6.92 Å². The number of hydrogen-bond acceptors (Lipinski definition) is 4. The lowest BCUT2D eigenvalue weighted by atomic mass is 9.90. The number of thiazole rings is 1. The molecule has 92 valence electrons. The zero-order valence-electron chi connectivity index (χ0n) is 10.5. The minimum Gasteiger partial charge on any atom is -0.460 e. The highest BCUT2D eigenvalue weighted by atomic mass is 32.1. The van der Waals surface area contributed by atoms with Gasteiger partial charge in [-0.1, -0.05) is 13.8 Å².